The van der Waals surface area contributed by atoms with E-state index in [-0.39, 0.29) is 24.0 Å². The SMILES string of the molecule is CCNC(=NCc1ccc(S(=O)(=O)N(C)C)s1)N(C)Cc1ccc(C)cc1.I. The average Bonchev–Trinajstić information content (AvgIpc) is 3.10. The second-order valence-electron chi connectivity index (χ2n) is 6.52. The van der Waals surface area contributed by atoms with Crippen LogP contribution in [0.4, 0.5) is 0 Å². The van der Waals surface area contributed by atoms with Gasteiger partial charge in [0.2, 0.25) is 0 Å². The van der Waals surface area contributed by atoms with Crippen LogP contribution in [-0.4, -0.2) is 51.3 Å². The van der Waals surface area contributed by atoms with E-state index < -0.39 is 10.0 Å². The molecule has 0 unspecified atom stereocenters. The van der Waals surface area contributed by atoms with Gasteiger partial charge in [0.1, 0.15) is 4.21 Å². The van der Waals surface area contributed by atoms with Gasteiger partial charge in [0.25, 0.3) is 10.0 Å². The monoisotopic (exact) mass is 536 g/mol. The molecular weight excluding hydrogens is 507 g/mol. The highest BCUT2D eigenvalue weighted by atomic mass is 127. The Kier molecular flexibility index (Phi) is 9.88. The van der Waals surface area contributed by atoms with Crippen molar-refractivity contribution >= 4 is 51.3 Å². The van der Waals surface area contributed by atoms with Gasteiger partial charge >= 0.3 is 0 Å². The lowest BCUT2D eigenvalue weighted by molar-refractivity contribution is 0.477. The van der Waals surface area contributed by atoms with E-state index in [1.165, 1.54) is 40.9 Å². The standard InChI is InChI=1S/C19H28N4O2S2.HI/c1-6-20-19(23(5)14-16-9-7-15(2)8-10-16)21-13-17-11-12-18(26-17)27(24,25)22(3)4;/h7-12H,6,13-14H2,1-5H3,(H,20,21);1H. The van der Waals surface area contributed by atoms with Crippen LogP contribution in [0, 0.1) is 6.92 Å². The molecule has 0 aliphatic carbocycles. The van der Waals surface area contributed by atoms with E-state index in [9.17, 15) is 8.42 Å². The fourth-order valence-electron chi connectivity index (χ4n) is 2.43. The number of rotatable bonds is 7. The maximum Gasteiger partial charge on any atom is 0.252 e. The number of aliphatic imine (C=N–C) groups is 1. The van der Waals surface area contributed by atoms with Gasteiger partial charge in [0, 0.05) is 39.1 Å². The van der Waals surface area contributed by atoms with Crippen molar-refractivity contribution in [1.82, 2.24) is 14.5 Å². The first kappa shape index (κ1) is 24.9. The van der Waals surface area contributed by atoms with Crippen LogP contribution in [0.1, 0.15) is 22.9 Å². The first-order valence-electron chi connectivity index (χ1n) is 8.80. The number of nitrogens with one attached hydrogen (secondary N) is 1. The molecule has 9 heteroatoms. The summed E-state index contributed by atoms with van der Waals surface area (Å²) in [5, 5.41) is 3.29. The summed E-state index contributed by atoms with van der Waals surface area (Å²) >= 11 is 1.26. The van der Waals surface area contributed by atoms with Crippen LogP contribution in [0.5, 0.6) is 0 Å². The molecule has 0 spiro atoms. The summed E-state index contributed by atoms with van der Waals surface area (Å²) in [7, 11) is 1.69. The molecular formula is C19H29IN4O2S2. The van der Waals surface area contributed by atoms with Crippen LogP contribution < -0.4 is 5.32 Å². The highest BCUT2D eigenvalue weighted by Crippen LogP contribution is 2.24. The number of aryl methyl sites for hydroxylation is 1. The zero-order valence-corrected chi connectivity index (χ0v) is 20.9. The summed E-state index contributed by atoms with van der Waals surface area (Å²) in [6.45, 7) is 6.06. The van der Waals surface area contributed by atoms with Gasteiger partial charge in [-0.2, -0.15) is 0 Å². The third-order valence-electron chi connectivity index (χ3n) is 3.99. The number of nitrogens with zero attached hydrogens (tertiary/aromatic N) is 3. The normalized spacial score (nSPS) is 12.0. The van der Waals surface area contributed by atoms with E-state index in [0.717, 1.165) is 23.9 Å². The van der Waals surface area contributed by atoms with Crippen LogP contribution in [-0.2, 0) is 23.1 Å². The van der Waals surface area contributed by atoms with Gasteiger partial charge in [-0.3, -0.25) is 0 Å². The van der Waals surface area contributed by atoms with Crippen LogP contribution >= 0.6 is 35.3 Å². The molecule has 0 saturated heterocycles. The molecule has 2 rings (SSSR count). The molecule has 156 valence electrons. The van der Waals surface area contributed by atoms with Crippen LogP contribution in [0.3, 0.4) is 0 Å². The molecule has 6 nitrogen and oxygen atoms in total. The minimum absolute atomic E-state index is 0. The first-order valence-corrected chi connectivity index (χ1v) is 11.1. The summed E-state index contributed by atoms with van der Waals surface area (Å²) in [6.07, 6.45) is 0. The zero-order chi connectivity index (χ0) is 20.0. The number of hydrogen-bond acceptors (Lipinski definition) is 4. The lowest BCUT2D eigenvalue weighted by Gasteiger charge is -2.22. The molecule has 0 aliphatic heterocycles. The Hall–Kier alpha value is -1.17. The van der Waals surface area contributed by atoms with Gasteiger partial charge in [-0.05, 0) is 31.5 Å². The van der Waals surface area contributed by atoms with Crippen LogP contribution in [0.15, 0.2) is 45.6 Å². The molecule has 1 aromatic heterocycles. The molecule has 0 fully saturated rings. The van der Waals surface area contributed by atoms with Crippen molar-refractivity contribution in [2.45, 2.75) is 31.1 Å². The summed E-state index contributed by atoms with van der Waals surface area (Å²) in [5.41, 5.74) is 2.45. The van der Waals surface area contributed by atoms with Gasteiger partial charge in [-0.1, -0.05) is 29.8 Å². The van der Waals surface area contributed by atoms with E-state index in [1.54, 1.807) is 6.07 Å². The Morgan fingerprint density at radius 3 is 2.32 bits per heavy atom. The van der Waals surface area contributed by atoms with Gasteiger partial charge in [-0.25, -0.2) is 17.7 Å². The lowest BCUT2D eigenvalue weighted by atomic mass is 10.1. The largest absolute Gasteiger partial charge is 0.357 e. The van der Waals surface area contributed by atoms with E-state index in [1.807, 2.05) is 20.0 Å². The second-order valence-corrected chi connectivity index (χ2v) is 10.1. The third kappa shape index (κ3) is 6.71. The predicted octanol–water partition coefficient (Wildman–Crippen LogP) is 3.52. The molecule has 2 aromatic rings. The van der Waals surface area contributed by atoms with E-state index in [4.69, 9.17) is 0 Å². The average molecular weight is 537 g/mol. The fraction of sp³-hybridized carbons (Fsp3) is 0.421. The van der Waals surface area contributed by atoms with Crippen LogP contribution in [0.2, 0.25) is 0 Å². The molecule has 28 heavy (non-hydrogen) atoms. The van der Waals surface area contributed by atoms with Gasteiger partial charge in [-0.15, -0.1) is 35.3 Å². The number of benzene rings is 1. The minimum atomic E-state index is -3.39. The smallest absolute Gasteiger partial charge is 0.252 e. The number of hydrogen-bond donors (Lipinski definition) is 1. The highest BCUT2D eigenvalue weighted by Gasteiger charge is 2.19. The highest BCUT2D eigenvalue weighted by molar-refractivity contribution is 14.0. The molecule has 1 aromatic carbocycles. The molecule has 1 heterocycles. The number of halogens is 1. The van der Waals surface area contributed by atoms with E-state index in [2.05, 4.69) is 46.4 Å². The van der Waals surface area contributed by atoms with Crippen molar-refractivity contribution in [3.63, 3.8) is 0 Å². The molecule has 0 saturated carbocycles. The molecule has 1 N–H and O–H groups in total. The van der Waals surface area contributed by atoms with E-state index >= 15 is 0 Å². The molecule has 0 bridgehead atoms. The quantitative estimate of drug-likeness (QED) is 0.334. The lowest BCUT2D eigenvalue weighted by Crippen LogP contribution is -2.38. The summed E-state index contributed by atoms with van der Waals surface area (Å²) in [4.78, 5) is 7.65. The van der Waals surface area contributed by atoms with Crippen molar-refractivity contribution in [3.05, 3.63) is 52.4 Å². The number of thiophene rings is 1. The third-order valence-corrected chi connectivity index (χ3v) is 7.35. The molecule has 0 aliphatic rings. The fourth-order valence-corrected chi connectivity index (χ4v) is 4.88. The van der Waals surface area contributed by atoms with Gasteiger partial charge in [0.05, 0.1) is 6.54 Å². The van der Waals surface area contributed by atoms with Crippen molar-refractivity contribution in [2.75, 3.05) is 27.7 Å². The number of guanidine groups is 1. The van der Waals surface area contributed by atoms with Crippen molar-refractivity contribution in [1.29, 1.82) is 0 Å². The molecule has 0 radical (unpaired) electrons. The summed E-state index contributed by atoms with van der Waals surface area (Å²) < 4.78 is 26.0. The Morgan fingerprint density at radius 1 is 1.11 bits per heavy atom. The zero-order valence-electron chi connectivity index (χ0n) is 17.0. The first-order chi connectivity index (χ1) is 12.7. The van der Waals surface area contributed by atoms with Crippen molar-refractivity contribution in [2.24, 2.45) is 4.99 Å². The van der Waals surface area contributed by atoms with Crippen molar-refractivity contribution in [3.8, 4) is 0 Å². The number of sulfonamides is 1. The van der Waals surface area contributed by atoms with Gasteiger partial charge < -0.3 is 10.2 Å². The van der Waals surface area contributed by atoms with Crippen molar-refractivity contribution < 1.29 is 8.42 Å². The maximum atomic E-state index is 12.2. The van der Waals surface area contributed by atoms with Crippen LogP contribution in [0.25, 0.3) is 0 Å². The predicted molar refractivity (Wildman–Crippen MR) is 128 cm³/mol. The summed E-state index contributed by atoms with van der Waals surface area (Å²) in [6, 6.07) is 11.9. The molecule has 0 amide bonds. The van der Waals surface area contributed by atoms with Gasteiger partial charge in [0.15, 0.2) is 5.96 Å². The Morgan fingerprint density at radius 2 is 1.75 bits per heavy atom. The maximum absolute atomic E-state index is 12.2. The Labute approximate surface area is 189 Å². The topological polar surface area (TPSA) is 65.0 Å². The Balaban J connectivity index is 0.00000392. The molecule has 0 atom stereocenters. The second kappa shape index (κ2) is 11.1. The summed E-state index contributed by atoms with van der Waals surface area (Å²) in [5.74, 6) is 0.795. The minimum Gasteiger partial charge on any atom is -0.357 e. The Bertz CT molecular complexity index is 878. The van der Waals surface area contributed by atoms with E-state index in [0.29, 0.717) is 10.8 Å².